The molecule has 22 heavy (non-hydrogen) atoms. The normalized spacial score (nSPS) is 10.5. The summed E-state index contributed by atoms with van der Waals surface area (Å²) in [4.78, 5) is 0. The summed E-state index contributed by atoms with van der Waals surface area (Å²) in [5, 5.41) is 4.71. The Morgan fingerprint density at radius 3 is 2.18 bits per heavy atom. The quantitative estimate of drug-likeness (QED) is 0.647. The number of aromatic nitrogens is 1. The lowest BCUT2D eigenvalue weighted by Crippen LogP contribution is -2.09. The first-order valence-corrected chi connectivity index (χ1v) is 8.09. The zero-order valence-corrected chi connectivity index (χ0v) is 14.2. The fourth-order valence-corrected chi connectivity index (χ4v) is 2.68. The van der Waals surface area contributed by atoms with Crippen molar-refractivity contribution >= 4 is 16.6 Å². The number of hydrogen-bond donors (Lipinski definition) is 1. The van der Waals surface area contributed by atoms with E-state index < -0.39 is 0 Å². The molecule has 1 N–H and O–H groups in total. The lowest BCUT2D eigenvalue weighted by Gasteiger charge is -2.12. The maximum absolute atomic E-state index is 3.42. The molecule has 0 fully saturated rings. The Labute approximate surface area is 133 Å². The first-order chi connectivity index (χ1) is 10.6. The van der Waals surface area contributed by atoms with Crippen molar-refractivity contribution in [2.24, 2.45) is 0 Å². The van der Waals surface area contributed by atoms with E-state index in [9.17, 15) is 0 Å². The molecule has 0 spiro atoms. The van der Waals surface area contributed by atoms with Crippen molar-refractivity contribution < 1.29 is 0 Å². The third-order valence-corrected chi connectivity index (χ3v) is 3.48. The molecule has 0 amide bonds. The van der Waals surface area contributed by atoms with Gasteiger partial charge in [0.15, 0.2) is 0 Å². The van der Waals surface area contributed by atoms with Gasteiger partial charge in [0.1, 0.15) is 0 Å². The Morgan fingerprint density at radius 2 is 1.55 bits per heavy atom. The number of hydrogen-bond acceptors (Lipinski definition) is 1. The molecule has 2 nitrogen and oxygen atoms in total. The highest BCUT2D eigenvalue weighted by Crippen LogP contribution is 2.24. The first kappa shape index (κ1) is 16.2. The molecule has 2 aromatic carbocycles. The topological polar surface area (TPSA) is 17.0 Å². The molecule has 0 aliphatic carbocycles. The van der Waals surface area contributed by atoms with E-state index >= 15 is 0 Å². The van der Waals surface area contributed by atoms with Crippen LogP contribution in [0.5, 0.6) is 0 Å². The summed E-state index contributed by atoms with van der Waals surface area (Å²) in [7, 11) is 0. The molecule has 1 aromatic heterocycles. The third kappa shape index (κ3) is 3.33. The van der Waals surface area contributed by atoms with Gasteiger partial charge in [-0.3, -0.25) is 0 Å². The molecule has 0 radical (unpaired) electrons. The predicted octanol–water partition coefficient (Wildman–Crippen LogP) is 5.79. The SMILES string of the molecule is CC.Cc1cc2ccccc2n1-c1ccc(NC(C)C)cc1. The Hall–Kier alpha value is -2.22. The van der Waals surface area contributed by atoms with Crippen molar-refractivity contribution in [2.75, 3.05) is 5.32 Å². The minimum atomic E-state index is 0.454. The molecule has 3 rings (SSSR count). The number of nitrogens with one attached hydrogen (secondary N) is 1. The number of para-hydroxylation sites is 1. The van der Waals surface area contributed by atoms with Crippen LogP contribution in [0.2, 0.25) is 0 Å². The molecule has 0 saturated carbocycles. The van der Waals surface area contributed by atoms with Crippen LogP contribution in [-0.4, -0.2) is 10.6 Å². The Balaban J connectivity index is 0.000000847. The zero-order valence-electron chi connectivity index (χ0n) is 14.2. The molecule has 0 unspecified atom stereocenters. The third-order valence-electron chi connectivity index (χ3n) is 3.48. The molecule has 3 aromatic rings. The first-order valence-electron chi connectivity index (χ1n) is 8.09. The molecule has 2 heteroatoms. The Morgan fingerprint density at radius 1 is 0.909 bits per heavy atom. The molecule has 0 aliphatic heterocycles. The number of rotatable bonds is 3. The molecule has 0 aliphatic rings. The summed E-state index contributed by atoms with van der Waals surface area (Å²) in [5.74, 6) is 0. The fraction of sp³-hybridized carbons (Fsp3) is 0.300. The minimum absolute atomic E-state index is 0.454. The summed E-state index contributed by atoms with van der Waals surface area (Å²) < 4.78 is 2.30. The van der Waals surface area contributed by atoms with Gasteiger partial charge in [-0.15, -0.1) is 0 Å². The Bertz CT molecular complexity index is 721. The molecule has 1 heterocycles. The monoisotopic (exact) mass is 294 g/mol. The van der Waals surface area contributed by atoms with Crippen LogP contribution in [0.4, 0.5) is 5.69 Å². The second-order valence-corrected chi connectivity index (χ2v) is 5.53. The van der Waals surface area contributed by atoms with Gasteiger partial charge in [-0.05, 0) is 57.2 Å². The fourth-order valence-electron chi connectivity index (χ4n) is 2.68. The van der Waals surface area contributed by atoms with Gasteiger partial charge in [-0.25, -0.2) is 0 Å². The average molecular weight is 294 g/mol. The van der Waals surface area contributed by atoms with Crippen molar-refractivity contribution in [3.05, 3.63) is 60.3 Å². The van der Waals surface area contributed by atoms with Crippen LogP contribution in [0.3, 0.4) is 0 Å². The van der Waals surface area contributed by atoms with Crippen LogP contribution in [0, 0.1) is 6.92 Å². The molecule has 0 bridgehead atoms. The van der Waals surface area contributed by atoms with Crippen molar-refractivity contribution in [1.82, 2.24) is 4.57 Å². The number of aryl methyl sites for hydroxylation is 1. The number of benzene rings is 2. The number of nitrogens with zero attached hydrogens (tertiary/aromatic N) is 1. The minimum Gasteiger partial charge on any atom is -0.383 e. The molecular weight excluding hydrogens is 268 g/mol. The molecule has 116 valence electrons. The summed E-state index contributed by atoms with van der Waals surface area (Å²) in [5.41, 5.74) is 4.89. The summed E-state index contributed by atoms with van der Waals surface area (Å²) in [6.45, 7) is 10.5. The van der Waals surface area contributed by atoms with Gasteiger partial charge in [0.25, 0.3) is 0 Å². The summed E-state index contributed by atoms with van der Waals surface area (Å²) in [6, 6.07) is 19.8. The van der Waals surface area contributed by atoms with Gasteiger partial charge < -0.3 is 9.88 Å². The predicted molar refractivity (Wildman–Crippen MR) is 98.1 cm³/mol. The van der Waals surface area contributed by atoms with Crippen LogP contribution >= 0.6 is 0 Å². The van der Waals surface area contributed by atoms with E-state index in [4.69, 9.17) is 0 Å². The van der Waals surface area contributed by atoms with Gasteiger partial charge in [0.2, 0.25) is 0 Å². The van der Waals surface area contributed by atoms with Gasteiger partial charge in [0, 0.05) is 28.5 Å². The lowest BCUT2D eigenvalue weighted by molar-refractivity contribution is 0.899. The van der Waals surface area contributed by atoms with E-state index in [1.54, 1.807) is 0 Å². The van der Waals surface area contributed by atoms with Crippen LogP contribution in [0.1, 0.15) is 33.4 Å². The van der Waals surface area contributed by atoms with E-state index in [-0.39, 0.29) is 0 Å². The Kier molecular flexibility index (Phi) is 5.26. The van der Waals surface area contributed by atoms with Crippen LogP contribution < -0.4 is 5.32 Å². The zero-order chi connectivity index (χ0) is 16.1. The van der Waals surface area contributed by atoms with Gasteiger partial charge in [-0.1, -0.05) is 32.0 Å². The van der Waals surface area contributed by atoms with Crippen molar-refractivity contribution in [2.45, 2.75) is 40.7 Å². The highest BCUT2D eigenvalue weighted by atomic mass is 15.0. The number of anilines is 1. The smallest absolute Gasteiger partial charge is 0.0531 e. The molecule has 0 atom stereocenters. The van der Waals surface area contributed by atoms with Crippen LogP contribution in [0.25, 0.3) is 16.6 Å². The van der Waals surface area contributed by atoms with E-state index in [2.05, 4.69) is 85.3 Å². The maximum atomic E-state index is 3.42. The van der Waals surface area contributed by atoms with E-state index in [0.717, 1.165) is 5.69 Å². The van der Waals surface area contributed by atoms with E-state index in [1.807, 2.05) is 13.8 Å². The lowest BCUT2D eigenvalue weighted by atomic mass is 10.2. The van der Waals surface area contributed by atoms with E-state index in [1.165, 1.54) is 22.3 Å². The largest absolute Gasteiger partial charge is 0.383 e. The van der Waals surface area contributed by atoms with E-state index in [0.29, 0.717) is 6.04 Å². The highest BCUT2D eigenvalue weighted by molar-refractivity contribution is 5.83. The van der Waals surface area contributed by atoms with Gasteiger partial charge >= 0.3 is 0 Å². The van der Waals surface area contributed by atoms with Crippen LogP contribution in [-0.2, 0) is 0 Å². The van der Waals surface area contributed by atoms with Gasteiger partial charge in [-0.2, -0.15) is 0 Å². The second-order valence-electron chi connectivity index (χ2n) is 5.53. The summed E-state index contributed by atoms with van der Waals surface area (Å²) >= 11 is 0. The highest BCUT2D eigenvalue weighted by Gasteiger charge is 2.06. The van der Waals surface area contributed by atoms with Crippen molar-refractivity contribution in [3.8, 4) is 5.69 Å². The summed E-state index contributed by atoms with van der Waals surface area (Å²) in [6.07, 6.45) is 0. The molecule has 0 saturated heterocycles. The maximum Gasteiger partial charge on any atom is 0.0531 e. The number of fused-ring (bicyclic) bond motifs is 1. The molecular formula is C20H26N2. The average Bonchev–Trinajstić information content (AvgIpc) is 2.85. The van der Waals surface area contributed by atoms with Crippen molar-refractivity contribution in [1.29, 1.82) is 0 Å². The van der Waals surface area contributed by atoms with Crippen LogP contribution in [0.15, 0.2) is 54.6 Å². The van der Waals surface area contributed by atoms with Gasteiger partial charge in [0.05, 0.1) is 5.52 Å². The van der Waals surface area contributed by atoms with Crippen molar-refractivity contribution in [3.63, 3.8) is 0 Å². The standard InChI is InChI=1S/C18H20N2.C2H6/c1-13(2)19-16-8-10-17(11-9-16)20-14(3)12-15-6-4-5-7-18(15)20;1-2/h4-13,19H,1-3H3;1-2H3. The second kappa shape index (κ2) is 7.17.